The molecule has 0 saturated carbocycles. The normalized spacial score (nSPS) is 21.3. The van der Waals surface area contributed by atoms with Gasteiger partial charge >= 0.3 is 0 Å². The molecule has 1 N–H and O–H groups in total. The van der Waals surface area contributed by atoms with E-state index in [1.54, 1.807) is 30.3 Å². The zero-order valence-electron chi connectivity index (χ0n) is 10.2. The monoisotopic (exact) mass is 289 g/mol. The van der Waals surface area contributed by atoms with Crippen molar-refractivity contribution in [1.82, 2.24) is 0 Å². The molecule has 0 bridgehead atoms. The summed E-state index contributed by atoms with van der Waals surface area (Å²) in [6.07, 6.45) is 0. The molecule has 2 aromatic rings. The lowest BCUT2D eigenvalue weighted by Crippen LogP contribution is -2.46. The van der Waals surface area contributed by atoms with Gasteiger partial charge in [-0.05, 0) is 17.7 Å². The van der Waals surface area contributed by atoms with Gasteiger partial charge in [-0.2, -0.15) is 0 Å². The molecule has 1 amide bonds. The number of alkyl halides is 1. The Morgan fingerprint density at radius 1 is 1.00 bits per heavy atom. The number of carbonyl (C=O) groups excluding carboxylic acids is 2. The quantitative estimate of drug-likeness (QED) is 0.648. The Morgan fingerprint density at radius 3 is 2.40 bits per heavy atom. The minimum Gasteiger partial charge on any atom is -0.323 e. The van der Waals surface area contributed by atoms with E-state index in [2.05, 4.69) is 5.32 Å². The molecule has 20 heavy (non-hydrogen) atoms. The lowest BCUT2D eigenvalue weighted by atomic mass is 9.85. The van der Waals surface area contributed by atoms with Crippen LogP contribution in [0.25, 0.3) is 0 Å². The lowest BCUT2D eigenvalue weighted by molar-refractivity contribution is -0.117. The van der Waals surface area contributed by atoms with Crippen molar-refractivity contribution in [3.63, 3.8) is 0 Å². The molecule has 1 heterocycles. The van der Waals surface area contributed by atoms with Crippen LogP contribution in [0.2, 0.25) is 0 Å². The van der Waals surface area contributed by atoms with Crippen LogP contribution in [0, 0.1) is 5.82 Å². The van der Waals surface area contributed by atoms with E-state index in [1.807, 2.05) is 0 Å². The van der Waals surface area contributed by atoms with Crippen molar-refractivity contribution in [2.75, 3.05) is 5.32 Å². The van der Waals surface area contributed by atoms with E-state index in [0.717, 1.165) is 6.07 Å². The minimum atomic E-state index is -1.93. The number of fused-ring (bicyclic) bond motifs is 1. The molecular weight excluding hydrogens is 281 g/mol. The Labute approximate surface area is 119 Å². The maximum atomic E-state index is 13.9. The molecule has 1 unspecified atom stereocenters. The Kier molecular flexibility index (Phi) is 2.83. The van der Waals surface area contributed by atoms with Gasteiger partial charge in [-0.15, -0.1) is 0 Å². The van der Waals surface area contributed by atoms with E-state index >= 15 is 0 Å². The third-order valence-corrected chi connectivity index (χ3v) is 3.85. The molecule has 1 atom stereocenters. The van der Waals surface area contributed by atoms with Crippen molar-refractivity contribution in [2.24, 2.45) is 0 Å². The van der Waals surface area contributed by atoms with Crippen molar-refractivity contribution in [3.8, 4) is 0 Å². The predicted molar refractivity (Wildman–Crippen MR) is 73.3 cm³/mol. The number of hydrogen-bond donors (Lipinski definition) is 1. The van der Waals surface area contributed by atoms with E-state index < -0.39 is 22.4 Å². The fraction of sp³-hybridized carbons (Fsp3) is 0.0667. The number of Topliss-reactive ketones (excluding diaryl/α,β-unsaturated/α-hetero) is 1. The van der Waals surface area contributed by atoms with Gasteiger partial charge in [0.25, 0.3) is 5.91 Å². The summed E-state index contributed by atoms with van der Waals surface area (Å²) in [5.41, 5.74) is 0.274. The topological polar surface area (TPSA) is 46.2 Å². The third kappa shape index (κ3) is 1.65. The number of nitrogens with one attached hydrogen (secondary N) is 1. The second-order valence-corrected chi connectivity index (χ2v) is 5.04. The molecule has 2 aromatic carbocycles. The minimum absolute atomic E-state index is 0.146. The van der Waals surface area contributed by atoms with E-state index in [9.17, 15) is 14.0 Å². The van der Waals surface area contributed by atoms with Crippen LogP contribution in [0.1, 0.15) is 15.9 Å². The van der Waals surface area contributed by atoms with Gasteiger partial charge in [0.15, 0.2) is 0 Å². The van der Waals surface area contributed by atoms with Crippen LogP contribution in [0.5, 0.6) is 0 Å². The van der Waals surface area contributed by atoms with Gasteiger partial charge in [-0.25, -0.2) is 4.39 Å². The summed E-state index contributed by atoms with van der Waals surface area (Å²) >= 11 is 6.27. The number of benzene rings is 2. The van der Waals surface area contributed by atoms with Crippen LogP contribution in [0.15, 0.2) is 48.5 Å². The largest absolute Gasteiger partial charge is 0.323 e. The number of ketones is 1. The highest BCUT2D eigenvalue weighted by Crippen LogP contribution is 2.40. The first-order valence-electron chi connectivity index (χ1n) is 5.94. The van der Waals surface area contributed by atoms with Gasteiger partial charge in [0.05, 0.1) is 11.3 Å². The van der Waals surface area contributed by atoms with Crippen LogP contribution in [-0.2, 0) is 9.67 Å². The summed E-state index contributed by atoms with van der Waals surface area (Å²) in [4.78, 5) is 22.8. The summed E-state index contributed by atoms with van der Waals surface area (Å²) < 4.78 is 13.9. The highest BCUT2D eigenvalue weighted by atomic mass is 35.5. The molecule has 0 fully saturated rings. The van der Waals surface area contributed by atoms with Gasteiger partial charge < -0.3 is 5.32 Å². The van der Waals surface area contributed by atoms with Gasteiger partial charge in [0, 0.05) is 0 Å². The summed E-state index contributed by atoms with van der Waals surface area (Å²) in [6, 6.07) is 12.3. The first-order valence-corrected chi connectivity index (χ1v) is 6.32. The highest BCUT2D eigenvalue weighted by Gasteiger charge is 2.50. The number of rotatable bonds is 1. The zero-order chi connectivity index (χ0) is 14.3. The van der Waals surface area contributed by atoms with Crippen LogP contribution < -0.4 is 5.32 Å². The molecule has 1 aliphatic heterocycles. The van der Waals surface area contributed by atoms with Crippen LogP contribution >= 0.6 is 11.6 Å². The number of halogens is 2. The molecule has 0 saturated heterocycles. The Balaban J connectivity index is 2.23. The average Bonchev–Trinajstić information content (AvgIpc) is 2.45. The van der Waals surface area contributed by atoms with Crippen LogP contribution in [0.3, 0.4) is 0 Å². The van der Waals surface area contributed by atoms with Crippen molar-refractivity contribution < 1.29 is 14.0 Å². The highest BCUT2D eigenvalue weighted by molar-refractivity contribution is 6.51. The lowest BCUT2D eigenvalue weighted by Gasteiger charge is -2.30. The number of hydrogen-bond acceptors (Lipinski definition) is 2. The maximum Gasteiger partial charge on any atom is 0.258 e. The van der Waals surface area contributed by atoms with Gasteiger partial charge in [-0.1, -0.05) is 48.0 Å². The molecule has 0 aromatic heterocycles. The van der Waals surface area contributed by atoms with Crippen molar-refractivity contribution >= 4 is 29.0 Å². The summed E-state index contributed by atoms with van der Waals surface area (Å²) in [7, 11) is 0. The zero-order valence-corrected chi connectivity index (χ0v) is 10.9. The van der Waals surface area contributed by atoms with E-state index in [-0.39, 0.29) is 11.3 Å². The van der Waals surface area contributed by atoms with E-state index in [0.29, 0.717) is 5.56 Å². The number of carbonyl (C=O) groups is 2. The van der Waals surface area contributed by atoms with Gasteiger partial charge in [0.1, 0.15) is 5.82 Å². The van der Waals surface area contributed by atoms with E-state index in [4.69, 9.17) is 11.6 Å². The smallest absolute Gasteiger partial charge is 0.258 e. The summed E-state index contributed by atoms with van der Waals surface area (Å²) in [6.45, 7) is 0. The van der Waals surface area contributed by atoms with Gasteiger partial charge in [-0.3, -0.25) is 9.59 Å². The molecule has 0 aliphatic carbocycles. The Hall–Kier alpha value is -2.20. The molecule has 3 nitrogen and oxygen atoms in total. The summed E-state index contributed by atoms with van der Waals surface area (Å²) in [5, 5.41) is 2.49. The van der Waals surface area contributed by atoms with Crippen molar-refractivity contribution in [2.45, 2.75) is 4.87 Å². The van der Waals surface area contributed by atoms with Crippen LogP contribution in [-0.4, -0.2) is 11.7 Å². The standard InChI is InChI=1S/C15H9ClFNO2/c16-15(9-5-2-1-3-6-9)13(19)12-10(17)7-4-8-11(12)18-14(15)20/h1-8H,(H,18,20). The van der Waals surface area contributed by atoms with Crippen LogP contribution in [0.4, 0.5) is 10.1 Å². The summed E-state index contributed by atoms with van der Waals surface area (Å²) in [5.74, 6) is -2.12. The molecular formula is C15H9ClFNO2. The van der Waals surface area contributed by atoms with Gasteiger partial charge in [0.2, 0.25) is 10.7 Å². The first kappa shape index (κ1) is 12.8. The first-order chi connectivity index (χ1) is 9.55. The molecule has 100 valence electrons. The second-order valence-electron chi connectivity index (χ2n) is 4.47. The number of amides is 1. The SMILES string of the molecule is O=C1Nc2cccc(F)c2C(=O)C1(Cl)c1ccccc1. The molecule has 1 aliphatic rings. The fourth-order valence-corrected chi connectivity index (χ4v) is 2.54. The Bertz CT molecular complexity index is 717. The molecule has 5 heteroatoms. The third-order valence-electron chi connectivity index (χ3n) is 3.29. The van der Waals surface area contributed by atoms with Crippen molar-refractivity contribution in [1.29, 1.82) is 0 Å². The predicted octanol–water partition coefficient (Wildman–Crippen LogP) is 3.09. The van der Waals surface area contributed by atoms with E-state index in [1.165, 1.54) is 12.1 Å². The fourth-order valence-electron chi connectivity index (χ4n) is 2.27. The molecule has 3 rings (SSSR count). The molecule has 0 radical (unpaired) electrons. The molecule has 0 spiro atoms. The average molecular weight is 290 g/mol. The maximum absolute atomic E-state index is 13.9. The Morgan fingerprint density at radius 2 is 1.70 bits per heavy atom. The number of anilines is 1. The second kappa shape index (κ2) is 4.42. The van der Waals surface area contributed by atoms with Crippen molar-refractivity contribution in [3.05, 3.63) is 65.5 Å².